The van der Waals surface area contributed by atoms with E-state index in [1.165, 1.54) is 0 Å². The van der Waals surface area contributed by atoms with Gasteiger partial charge in [0, 0.05) is 6.42 Å². The fourth-order valence-corrected chi connectivity index (χ4v) is 2.17. The number of carbonyl (C=O) groups is 1. The molecule has 3 heteroatoms. The second-order valence-electron chi connectivity index (χ2n) is 6.51. The summed E-state index contributed by atoms with van der Waals surface area (Å²) in [5, 5.41) is 0. The van der Waals surface area contributed by atoms with Crippen LogP contribution in [-0.2, 0) is 22.6 Å². The van der Waals surface area contributed by atoms with Crippen molar-refractivity contribution in [3.05, 3.63) is 65.7 Å². The summed E-state index contributed by atoms with van der Waals surface area (Å²) in [5.74, 6) is 0.642. The summed E-state index contributed by atoms with van der Waals surface area (Å²) in [7, 11) is 0. The molecule has 2 rings (SSSR count). The molecule has 0 unspecified atom stereocenters. The smallest absolute Gasteiger partial charge is 0.306 e. The Bertz CT molecular complexity index is 627. The van der Waals surface area contributed by atoms with E-state index in [9.17, 15) is 4.79 Å². The fraction of sp³-hybridized carbons (Fsp3) is 0.350. The van der Waals surface area contributed by atoms with Gasteiger partial charge in [0.05, 0.1) is 0 Å². The Hall–Kier alpha value is -2.29. The molecule has 122 valence electrons. The third kappa shape index (κ3) is 6.55. The molecule has 0 N–H and O–H groups in total. The average molecular weight is 312 g/mol. The number of carbonyl (C=O) groups excluding carboxylic acids is 1. The van der Waals surface area contributed by atoms with Gasteiger partial charge in [-0.15, -0.1) is 0 Å². The third-order valence-corrected chi connectivity index (χ3v) is 3.18. The molecular weight excluding hydrogens is 288 g/mol. The highest BCUT2D eigenvalue weighted by Crippen LogP contribution is 2.17. The topological polar surface area (TPSA) is 35.5 Å². The molecule has 0 amide bonds. The van der Waals surface area contributed by atoms with Gasteiger partial charge in [-0.2, -0.15) is 0 Å². The van der Waals surface area contributed by atoms with Gasteiger partial charge in [-0.1, -0.05) is 42.5 Å². The fourth-order valence-electron chi connectivity index (χ4n) is 2.17. The summed E-state index contributed by atoms with van der Waals surface area (Å²) in [6.45, 7) is 6.17. The maximum atomic E-state index is 11.8. The van der Waals surface area contributed by atoms with Crippen molar-refractivity contribution in [3.8, 4) is 5.75 Å². The molecule has 23 heavy (non-hydrogen) atoms. The Kier molecular flexibility index (Phi) is 5.80. The maximum absolute atomic E-state index is 11.8. The van der Waals surface area contributed by atoms with Crippen molar-refractivity contribution in [1.29, 1.82) is 0 Å². The Morgan fingerprint density at radius 1 is 0.957 bits per heavy atom. The lowest BCUT2D eigenvalue weighted by atomic mass is 10.1. The molecule has 2 aromatic rings. The first-order valence-corrected chi connectivity index (χ1v) is 7.90. The van der Waals surface area contributed by atoms with Crippen molar-refractivity contribution < 1.29 is 14.3 Å². The SMILES string of the molecule is CC(C)(C)OC(=O)CCc1cccc(OCc2ccccc2)c1. The molecule has 0 aromatic heterocycles. The van der Waals surface area contributed by atoms with Gasteiger partial charge in [0.1, 0.15) is 18.0 Å². The summed E-state index contributed by atoms with van der Waals surface area (Å²) >= 11 is 0. The zero-order valence-electron chi connectivity index (χ0n) is 14.0. The first kappa shape index (κ1) is 17.1. The second-order valence-corrected chi connectivity index (χ2v) is 6.51. The third-order valence-electron chi connectivity index (χ3n) is 3.18. The van der Waals surface area contributed by atoms with Crippen molar-refractivity contribution in [3.63, 3.8) is 0 Å². The molecule has 0 bridgehead atoms. The van der Waals surface area contributed by atoms with E-state index in [4.69, 9.17) is 9.47 Å². The molecule has 3 nitrogen and oxygen atoms in total. The number of aryl methyl sites for hydroxylation is 1. The van der Waals surface area contributed by atoms with Crippen LogP contribution < -0.4 is 4.74 Å². The molecule has 0 atom stereocenters. The van der Waals surface area contributed by atoms with Crippen LogP contribution in [0.3, 0.4) is 0 Å². The van der Waals surface area contributed by atoms with E-state index >= 15 is 0 Å². The van der Waals surface area contributed by atoms with Crippen LogP contribution in [0.4, 0.5) is 0 Å². The zero-order chi connectivity index (χ0) is 16.7. The number of rotatable bonds is 6. The van der Waals surface area contributed by atoms with Crippen LogP contribution >= 0.6 is 0 Å². The largest absolute Gasteiger partial charge is 0.489 e. The van der Waals surface area contributed by atoms with Gasteiger partial charge in [0.15, 0.2) is 0 Å². The van der Waals surface area contributed by atoms with Gasteiger partial charge in [-0.25, -0.2) is 0 Å². The first-order valence-electron chi connectivity index (χ1n) is 7.90. The minimum absolute atomic E-state index is 0.173. The maximum Gasteiger partial charge on any atom is 0.306 e. The zero-order valence-corrected chi connectivity index (χ0v) is 14.0. The van der Waals surface area contributed by atoms with Gasteiger partial charge < -0.3 is 9.47 Å². The Labute approximate surface area is 138 Å². The number of benzene rings is 2. The van der Waals surface area contributed by atoms with Crippen LogP contribution in [0.15, 0.2) is 54.6 Å². The van der Waals surface area contributed by atoms with Crippen molar-refractivity contribution in [2.45, 2.75) is 45.8 Å². The predicted octanol–water partition coefficient (Wildman–Crippen LogP) is 4.54. The molecule has 0 aliphatic rings. The molecule has 0 saturated carbocycles. The molecule has 0 heterocycles. The summed E-state index contributed by atoms with van der Waals surface area (Å²) in [6.07, 6.45) is 1.02. The highest BCUT2D eigenvalue weighted by atomic mass is 16.6. The lowest BCUT2D eigenvalue weighted by molar-refractivity contribution is -0.154. The van der Waals surface area contributed by atoms with Crippen LogP contribution in [0.5, 0.6) is 5.75 Å². The number of hydrogen-bond donors (Lipinski definition) is 0. The average Bonchev–Trinajstić information content (AvgIpc) is 2.51. The highest BCUT2D eigenvalue weighted by molar-refractivity contribution is 5.70. The van der Waals surface area contributed by atoms with Crippen LogP contribution in [0.25, 0.3) is 0 Å². The van der Waals surface area contributed by atoms with Gasteiger partial charge in [0.25, 0.3) is 0 Å². The predicted molar refractivity (Wildman–Crippen MR) is 91.4 cm³/mol. The van der Waals surface area contributed by atoms with Crippen molar-refractivity contribution in [2.75, 3.05) is 0 Å². The first-order chi connectivity index (χ1) is 10.9. The van der Waals surface area contributed by atoms with E-state index in [-0.39, 0.29) is 5.97 Å². The Morgan fingerprint density at radius 3 is 2.35 bits per heavy atom. The van der Waals surface area contributed by atoms with Crippen molar-refractivity contribution in [1.82, 2.24) is 0 Å². The molecule has 2 aromatic carbocycles. The lowest BCUT2D eigenvalue weighted by Crippen LogP contribution is -2.24. The summed E-state index contributed by atoms with van der Waals surface area (Å²) < 4.78 is 11.1. The quantitative estimate of drug-likeness (QED) is 0.735. The van der Waals surface area contributed by atoms with Gasteiger partial charge in [-0.05, 0) is 50.5 Å². The van der Waals surface area contributed by atoms with Crippen LogP contribution in [-0.4, -0.2) is 11.6 Å². The van der Waals surface area contributed by atoms with E-state index in [2.05, 4.69) is 0 Å². The van der Waals surface area contributed by atoms with Crippen LogP contribution in [0.1, 0.15) is 38.3 Å². The normalized spacial score (nSPS) is 11.1. The Morgan fingerprint density at radius 2 is 1.65 bits per heavy atom. The van der Waals surface area contributed by atoms with E-state index in [0.29, 0.717) is 19.4 Å². The van der Waals surface area contributed by atoms with E-state index in [1.807, 2.05) is 75.4 Å². The van der Waals surface area contributed by atoms with Crippen LogP contribution in [0.2, 0.25) is 0 Å². The molecule has 0 spiro atoms. The van der Waals surface area contributed by atoms with Crippen molar-refractivity contribution in [2.24, 2.45) is 0 Å². The summed E-state index contributed by atoms with van der Waals surface area (Å²) in [5.41, 5.74) is 1.77. The molecule has 0 saturated heterocycles. The van der Waals surface area contributed by atoms with Gasteiger partial charge in [0.2, 0.25) is 0 Å². The van der Waals surface area contributed by atoms with Crippen LogP contribution in [0, 0.1) is 0 Å². The number of hydrogen-bond acceptors (Lipinski definition) is 3. The molecular formula is C20H24O3. The number of esters is 1. The van der Waals surface area contributed by atoms with Gasteiger partial charge >= 0.3 is 5.97 Å². The lowest BCUT2D eigenvalue weighted by Gasteiger charge is -2.19. The number of ether oxygens (including phenoxy) is 2. The summed E-state index contributed by atoms with van der Waals surface area (Å²) in [6, 6.07) is 17.9. The highest BCUT2D eigenvalue weighted by Gasteiger charge is 2.15. The van der Waals surface area contributed by atoms with Gasteiger partial charge in [-0.3, -0.25) is 4.79 Å². The van der Waals surface area contributed by atoms with E-state index < -0.39 is 5.60 Å². The minimum atomic E-state index is -0.433. The van der Waals surface area contributed by atoms with Crippen molar-refractivity contribution >= 4 is 5.97 Å². The molecule has 0 fully saturated rings. The molecule has 0 radical (unpaired) electrons. The Balaban J connectivity index is 1.86. The second kappa shape index (κ2) is 7.82. The molecule has 0 aliphatic heterocycles. The van der Waals surface area contributed by atoms with E-state index in [1.54, 1.807) is 0 Å². The standard InChI is InChI=1S/C20H24O3/c1-20(2,3)23-19(21)13-12-16-10-7-11-18(14-16)22-15-17-8-5-4-6-9-17/h4-11,14H,12-13,15H2,1-3H3. The molecule has 0 aliphatic carbocycles. The summed E-state index contributed by atoms with van der Waals surface area (Å²) in [4.78, 5) is 11.8. The minimum Gasteiger partial charge on any atom is -0.489 e. The van der Waals surface area contributed by atoms with E-state index in [0.717, 1.165) is 16.9 Å². The monoisotopic (exact) mass is 312 g/mol.